The number of unbranched alkanes of at least 4 members (excludes halogenated alkanes) is 26. The van der Waals surface area contributed by atoms with Crippen LogP contribution in [0, 0.1) is 0 Å². The van der Waals surface area contributed by atoms with Crippen LogP contribution in [0.3, 0.4) is 0 Å². The van der Waals surface area contributed by atoms with Gasteiger partial charge in [0, 0.05) is 6.61 Å². The van der Waals surface area contributed by atoms with Crippen molar-refractivity contribution in [2.24, 2.45) is 0 Å². The second kappa shape index (κ2) is 33.6. The van der Waals surface area contributed by atoms with Gasteiger partial charge in [0.25, 0.3) is 0 Å². The molecule has 0 spiro atoms. The first-order chi connectivity index (χ1) is 19.2. The number of aliphatic carboxylic acids is 1. The van der Waals surface area contributed by atoms with Gasteiger partial charge in [-0.15, -0.1) is 0 Å². The van der Waals surface area contributed by atoms with E-state index < -0.39 is 12.0 Å². The summed E-state index contributed by atoms with van der Waals surface area (Å²) in [6.45, 7) is 6.30. The van der Waals surface area contributed by atoms with Crippen LogP contribution in [-0.2, 0) is 9.53 Å². The number of carboxylic acid groups (broad SMARTS) is 1. The molecule has 0 aliphatic heterocycles. The van der Waals surface area contributed by atoms with Crippen molar-refractivity contribution in [2.75, 3.05) is 19.8 Å². The number of hydrogen-bond donors (Lipinski definition) is 2. The van der Waals surface area contributed by atoms with E-state index in [-0.39, 0.29) is 6.61 Å². The number of hydrogen-bond acceptors (Lipinski definition) is 3. The maximum absolute atomic E-state index is 11.5. The average molecular weight is 554 g/mol. The quantitative estimate of drug-likeness (QED) is 0.0778. The van der Waals surface area contributed by atoms with Crippen LogP contribution in [0.2, 0.25) is 0 Å². The van der Waals surface area contributed by atoms with Gasteiger partial charge in [-0.2, -0.15) is 0 Å². The van der Waals surface area contributed by atoms with Crippen molar-refractivity contribution in [1.82, 2.24) is 5.32 Å². The molecule has 1 atom stereocenters. The molecular weight excluding hydrogens is 482 g/mol. The number of rotatable bonds is 34. The van der Waals surface area contributed by atoms with Crippen LogP contribution in [0.5, 0.6) is 0 Å². The number of carboxylic acids is 1. The standard InChI is InChI=1S/C35H71NO3/c1-3-5-7-9-11-13-15-17-19-21-23-25-27-29-31-36-34(35(37)38)33-39-32-30-28-26-24-22-20-18-16-14-12-10-8-6-4-2/h34,36H,3-33H2,1-2H3,(H,37,38). The Bertz CT molecular complexity index is 471. The van der Waals surface area contributed by atoms with E-state index >= 15 is 0 Å². The largest absolute Gasteiger partial charge is 0.480 e. The molecular formula is C35H71NO3. The molecule has 0 aliphatic rings. The van der Waals surface area contributed by atoms with Crippen LogP contribution in [0.1, 0.15) is 194 Å². The van der Waals surface area contributed by atoms with Crippen molar-refractivity contribution in [3.63, 3.8) is 0 Å². The molecule has 0 saturated carbocycles. The SMILES string of the molecule is CCCCCCCCCCCCCCCCNC(COCCCCCCCCCCCCCCCC)C(=O)O. The van der Waals surface area contributed by atoms with Crippen molar-refractivity contribution < 1.29 is 14.6 Å². The second-order valence-corrected chi connectivity index (χ2v) is 12.1. The number of ether oxygens (including phenoxy) is 1. The van der Waals surface area contributed by atoms with E-state index in [1.54, 1.807) is 0 Å². The summed E-state index contributed by atoms with van der Waals surface area (Å²) in [5.41, 5.74) is 0. The molecule has 4 heteroatoms. The second-order valence-electron chi connectivity index (χ2n) is 12.1. The summed E-state index contributed by atoms with van der Waals surface area (Å²) < 4.78 is 5.70. The summed E-state index contributed by atoms with van der Waals surface area (Å²) in [5.74, 6) is -0.790. The fourth-order valence-corrected chi connectivity index (χ4v) is 5.41. The summed E-state index contributed by atoms with van der Waals surface area (Å²) in [6.07, 6.45) is 37.7. The smallest absolute Gasteiger partial charge is 0.323 e. The zero-order valence-electron chi connectivity index (χ0n) is 26.8. The molecule has 0 radical (unpaired) electrons. The van der Waals surface area contributed by atoms with Gasteiger partial charge in [0.05, 0.1) is 6.61 Å². The zero-order chi connectivity index (χ0) is 28.5. The molecule has 234 valence electrons. The Morgan fingerprint density at radius 1 is 0.513 bits per heavy atom. The van der Waals surface area contributed by atoms with Crippen molar-refractivity contribution >= 4 is 5.97 Å². The molecule has 0 amide bonds. The number of carbonyl (C=O) groups is 1. The van der Waals surface area contributed by atoms with E-state index in [1.165, 1.54) is 167 Å². The first-order valence-corrected chi connectivity index (χ1v) is 17.8. The topological polar surface area (TPSA) is 58.6 Å². The van der Waals surface area contributed by atoms with Crippen LogP contribution in [0.25, 0.3) is 0 Å². The fourth-order valence-electron chi connectivity index (χ4n) is 5.41. The lowest BCUT2D eigenvalue weighted by Crippen LogP contribution is -2.41. The van der Waals surface area contributed by atoms with Gasteiger partial charge in [0.15, 0.2) is 0 Å². The van der Waals surface area contributed by atoms with Crippen LogP contribution < -0.4 is 5.32 Å². The molecule has 39 heavy (non-hydrogen) atoms. The lowest BCUT2D eigenvalue weighted by Gasteiger charge is -2.14. The minimum Gasteiger partial charge on any atom is -0.480 e. The van der Waals surface area contributed by atoms with Crippen LogP contribution in [-0.4, -0.2) is 36.9 Å². The van der Waals surface area contributed by atoms with Gasteiger partial charge in [-0.05, 0) is 19.4 Å². The van der Waals surface area contributed by atoms with E-state index in [9.17, 15) is 9.90 Å². The van der Waals surface area contributed by atoms with Crippen molar-refractivity contribution in [1.29, 1.82) is 0 Å². The molecule has 2 N–H and O–H groups in total. The predicted molar refractivity (Wildman–Crippen MR) is 171 cm³/mol. The third kappa shape index (κ3) is 31.8. The molecule has 0 saturated heterocycles. The maximum atomic E-state index is 11.5. The molecule has 0 aromatic rings. The average Bonchev–Trinajstić information content (AvgIpc) is 2.93. The van der Waals surface area contributed by atoms with Gasteiger partial charge in [0.1, 0.15) is 6.04 Å². The molecule has 0 fully saturated rings. The highest BCUT2D eigenvalue weighted by atomic mass is 16.5. The first-order valence-electron chi connectivity index (χ1n) is 17.8. The minimum absolute atomic E-state index is 0.284. The van der Waals surface area contributed by atoms with Crippen molar-refractivity contribution in [3.8, 4) is 0 Å². The lowest BCUT2D eigenvalue weighted by molar-refractivity contribution is -0.141. The Hall–Kier alpha value is -0.610. The molecule has 0 bridgehead atoms. The first kappa shape index (κ1) is 38.4. The summed E-state index contributed by atoms with van der Waals surface area (Å²) in [4.78, 5) is 11.5. The summed E-state index contributed by atoms with van der Waals surface area (Å²) in [6, 6.07) is -0.571. The highest BCUT2D eigenvalue weighted by Gasteiger charge is 2.16. The monoisotopic (exact) mass is 554 g/mol. The highest BCUT2D eigenvalue weighted by Crippen LogP contribution is 2.14. The van der Waals surface area contributed by atoms with E-state index in [1.807, 2.05) is 0 Å². The molecule has 1 unspecified atom stereocenters. The van der Waals surface area contributed by atoms with Gasteiger partial charge < -0.3 is 15.2 Å². The Morgan fingerprint density at radius 3 is 1.15 bits per heavy atom. The Balaban J connectivity index is 3.38. The van der Waals surface area contributed by atoms with Gasteiger partial charge in [0.2, 0.25) is 0 Å². The van der Waals surface area contributed by atoms with E-state index in [2.05, 4.69) is 19.2 Å². The normalized spacial score (nSPS) is 12.3. The van der Waals surface area contributed by atoms with E-state index in [0.717, 1.165) is 19.4 Å². The number of nitrogens with one attached hydrogen (secondary N) is 1. The van der Waals surface area contributed by atoms with Crippen LogP contribution >= 0.6 is 0 Å². The molecule has 0 aromatic heterocycles. The van der Waals surface area contributed by atoms with Gasteiger partial charge in [-0.25, -0.2) is 0 Å². The van der Waals surface area contributed by atoms with Crippen LogP contribution in [0.4, 0.5) is 0 Å². The Labute approximate surface area is 245 Å². The Kier molecular flexibility index (Phi) is 33.1. The van der Waals surface area contributed by atoms with Gasteiger partial charge >= 0.3 is 5.97 Å². The van der Waals surface area contributed by atoms with Crippen LogP contribution in [0.15, 0.2) is 0 Å². The highest BCUT2D eigenvalue weighted by molar-refractivity contribution is 5.73. The van der Waals surface area contributed by atoms with Crippen molar-refractivity contribution in [3.05, 3.63) is 0 Å². The molecule has 0 rings (SSSR count). The predicted octanol–water partition coefficient (Wildman–Crippen LogP) is 11.0. The third-order valence-electron chi connectivity index (χ3n) is 8.15. The molecule has 0 aliphatic carbocycles. The van der Waals surface area contributed by atoms with Crippen molar-refractivity contribution in [2.45, 2.75) is 200 Å². The lowest BCUT2D eigenvalue weighted by atomic mass is 10.0. The van der Waals surface area contributed by atoms with E-state index in [0.29, 0.717) is 6.61 Å². The fraction of sp³-hybridized carbons (Fsp3) is 0.971. The Morgan fingerprint density at radius 2 is 0.821 bits per heavy atom. The maximum Gasteiger partial charge on any atom is 0.323 e. The molecule has 0 aromatic carbocycles. The summed E-state index contributed by atoms with van der Waals surface area (Å²) >= 11 is 0. The molecule has 0 heterocycles. The summed E-state index contributed by atoms with van der Waals surface area (Å²) in [5, 5.41) is 12.7. The zero-order valence-corrected chi connectivity index (χ0v) is 26.8. The minimum atomic E-state index is -0.790. The molecule has 4 nitrogen and oxygen atoms in total. The third-order valence-corrected chi connectivity index (χ3v) is 8.15. The van der Waals surface area contributed by atoms with Gasteiger partial charge in [-0.3, -0.25) is 4.79 Å². The summed E-state index contributed by atoms with van der Waals surface area (Å²) in [7, 11) is 0. The van der Waals surface area contributed by atoms with Gasteiger partial charge in [-0.1, -0.05) is 181 Å². The van der Waals surface area contributed by atoms with E-state index in [4.69, 9.17) is 4.74 Å².